The van der Waals surface area contributed by atoms with Crippen molar-refractivity contribution in [3.05, 3.63) is 59.7 Å². The topological polar surface area (TPSA) is 63.8 Å². The number of nitrogens with one attached hydrogen (secondary N) is 1. The van der Waals surface area contributed by atoms with E-state index in [1.807, 2.05) is 24.3 Å². The first-order chi connectivity index (χ1) is 7.83. The lowest BCUT2D eigenvalue weighted by Crippen LogP contribution is -2.30. The molecule has 2 rings (SSSR count). The Morgan fingerprint density at radius 3 is 2.69 bits per heavy atom. The molecule has 0 radical (unpaired) electrons. The summed E-state index contributed by atoms with van der Waals surface area (Å²) < 4.78 is 0. The fourth-order valence-corrected chi connectivity index (χ4v) is 1.72. The van der Waals surface area contributed by atoms with E-state index in [4.69, 9.17) is 5.84 Å². The normalized spacial score (nSPS) is 12.4. The van der Waals surface area contributed by atoms with Gasteiger partial charge in [0.2, 0.25) is 0 Å². The SMILES string of the molecule is Cc1ccccc1C(NN)c1ccncn1. The highest BCUT2D eigenvalue weighted by Gasteiger charge is 2.14. The first-order valence-corrected chi connectivity index (χ1v) is 5.10. The third kappa shape index (κ3) is 2.08. The van der Waals surface area contributed by atoms with Gasteiger partial charge in [0.25, 0.3) is 0 Å². The standard InChI is InChI=1S/C12H14N4/c1-9-4-2-3-5-10(9)12(16-13)11-6-7-14-8-15-11/h2-8,12,16H,13H2,1H3. The molecule has 2 aromatic rings. The van der Waals surface area contributed by atoms with Gasteiger partial charge in [-0.25, -0.2) is 15.4 Å². The van der Waals surface area contributed by atoms with Gasteiger partial charge in [-0.15, -0.1) is 0 Å². The molecule has 0 spiro atoms. The van der Waals surface area contributed by atoms with E-state index in [1.165, 1.54) is 11.9 Å². The number of rotatable bonds is 3. The molecular weight excluding hydrogens is 200 g/mol. The van der Waals surface area contributed by atoms with Crippen LogP contribution in [0.5, 0.6) is 0 Å². The smallest absolute Gasteiger partial charge is 0.115 e. The van der Waals surface area contributed by atoms with Gasteiger partial charge in [0.05, 0.1) is 11.7 Å². The van der Waals surface area contributed by atoms with Gasteiger partial charge in [-0.1, -0.05) is 24.3 Å². The van der Waals surface area contributed by atoms with Crippen LogP contribution in [0.2, 0.25) is 0 Å². The number of benzene rings is 1. The van der Waals surface area contributed by atoms with E-state index in [9.17, 15) is 0 Å². The maximum absolute atomic E-state index is 5.60. The summed E-state index contributed by atoms with van der Waals surface area (Å²) in [6, 6.07) is 9.87. The molecule has 0 bridgehead atoms. The number of nitrogens with zero attached hydrogens (tertiary/aromatic N) is 2. The van der Waals surface area contributed by atoms with E-state index in [1.54, 1.807) is 6.20 Å². The highest BCUT2D eigenvalue weighted by Crippen LogP contribution is 2.21. The summed E-state index contributed by atoms with van der Waals surface area (Å²) in [6.07, 6.45) is 3.24. The molecule has 82 valence electrons. The summed E-state index contributed by atoms with van der Waals surface area (Å²) in [5.74, 6) is 5.60. The highest BCUT2D eigenvalue weighted by atomic mass is 15.2. The van der Waals surface area contributed by atoms with Crippen LogP contribution in [-0.4, -0.2) is 9.97 Å². The van der Waals surface area contributed by atoms with E-state index in [2.05, 4.69) is 28.4 Å². The Morgan fingerprint density at radius 2 is 2.06 bits per heavy atom. The van der Waals surface area contributed by atoms with Gasteiger partial charge in [0.15, 0.2) is 0 Å². The lowest BCUT2D eigenvalue weighted by molar-refractivity contribution is 0.616. The summed E-state index contributed by atoms with van der Waals surface area (Å²) in [5.41, 5.74) is 5.97. The van der Waals surface area contributed by atoms with Crippen molar-refractivity contribution in [1.29, 1.82) is 0 Å². The van der Waals surface area contributed by atoms with Crippen LogP contribution in [0.25, 0.3) is 0 Å². The maximum Gasteiger partial charge on any atom is 0.115 e. The number of aryl methyl sites for hydroxylation is 1. The van der Waals surface area contributed by atoms with Crippen LogP contribution < -0.4 is 11.3 Å². The quantitative estimate of drug-likeness (QED) is 0.597. The van der Waals surface area contributed by atoms with Crippen molar-refractivity contribution < 1.29 is 0 Å². The van der Waals surface area contributed by atoms with Crippen LogP contribution in [0, 0.1) is 6.92 Å². The second-order valence-electron chi connectivity index (χ2n) is 3.59. The predicted octanol–water partition coefficient (Wildman–Crippen LogP) is 1.34. The van der Waals surface area contributed by atoms with Crippen LogP contribution in [0.1, 0.15) is 22.9 Å². The lowest BCUT2D eigenvalue weighted by Gasteiger charge is -2.17. The average molecular weight is 214 g/mol. The van der Waals surface area contributed by atoms with E-state index in [-0.39, 0.29) is 6.04 Å². The van der Waals surface area contributed by atoms with Gasteiger partial charge < -0.3 is 0 Å². The van der Waals surface area contributed by atoms with Gasteiger partial charge in [0, 0.05) is 6.20 Å². The summed E-state index contributed by atoms with van der Waals surface area (Å²) >= 11 is 0. The first-order valence-electron chi connectivity index (χ1n) is 5.10. The minimum Gasteiger partial charge on any atom is -0.271 e. The Balaban J connectivity index is 2.41. The summed E-state index contributed by atoms with van der Waals surface area (Å²) in [5, 5.41) is 0. The molecule has 16 heavy (non-hydrogen) atoms. The van der Waals surface area contributed by atoms with Crippen LogP contribution in [-0.2, 0) is 0 Å². The molecule has 0 aliphatic heterocycles. The van der Waals surface area contributed by atoms with Gasteiger partial charge in [-0.05, 0) is 24.1 Å². The summed E-state index contributed by atoms with van der Waals surface area (Å²) in [7, 11) is 0. The molecule has 0 aliphatic carbocycles. The zero-order valence-corrected chi connectivity index (χ0v) is 9.09. The number of hydrogen-bond acceptors (Lipinski definition) is 4. The molecule has 1 unspecified atom stereocenters. The summed E-state index contributed by atoms with van der Waals surface area (Å²) in [6.45, 7) is 2.06. The van der Waals surface area contributed by atoms with Crippen LogP contribution >= 0.6 is 0 Å². The minimum atomic E-state index is -0.0933. The number of nitrogens with two attached hydrogens (primary N) is 1. The molecule has 0 saturated heterocycles. The zero-order valence-electron chi connectivity index (χ0n) is 9.09. The fraction of sp³-hybridized carbons (Fsp3) is 0.167. The second kappa shape index (κ2) is 4.83. The Bertz CT molecular complexity index is 456. The second-order valence-corrected chi connectivity index (χ2v) is 3.59. The van der Waals surface area contributed by atoms with Gasteiger partial charge in [-0.3, -0.25) is 5.84 Å². The number of aromatic nitrogens is 2. The van der Waals surface area contributed by atoms with Gasteiger partial charge in [0.1, 0.15) is 6.33 Å². The van der Waals surface area contributed by atoms with Crippen LogP contribution in [0.3, 0.4) is 0 Å². The first kappa shape index (κ1) is 10.7. The van der Waals surface area contributed by atoms with Crippen molar-refractivity contribution >= 4 is 0 Å². The van der Waals surface area contributed by atoms with E-state index in [0.717, 1.165) is 11.3 Å². The van der Waals surface area contributed by atoms with Gasteiger partial charge >= 0.3 is 0 Å². The van der Waals surface area contributed by atoms with E-state index >= 15 is 0 Å². The molecule has 0 saturated carbocycles. The zero-order chi connectivity index (χ0) is 11.4. The van der Waals surface area contributed by atoms with Crippen LogP contribution in [0.4, 0.5) is 0 Å². The minimum absolute atomic E-state index is 0.0933. The Hall–Kier alpha value is -1.78. The molecule has 0 aliphatic rings. The third-order valence-electron chi connectivity index (χ3n) is 2.57. The molecule has 3 N–H and O–H groups in total. The molecule has 4 heteroatoms. The van der Waals surface area contributed by atoms with Crippen molar-refractivity contribution in [3.8, 4) is 0 Å². The van der Waals surface area contributed by atoms with Crippen molar-refractivity contribution in [3.63, 3.8) is 0 Å². The van der Waals surface area contributed by atoms with Crippen LogP contribution in [0.15, 0.2) is 42.9 Å². The number of hydrazine groups is 1. The predicted molar refractivity (Wildman–Crippen MR) is 62.4 cm³/mol. The molecule has 1 heterocycles. The lowest BCUT2D eigenvalue weighted by atomic mass is 9.99. The molecule has 1 aromatic heterocycles. The van der Waals surface area contributed by atoms with Crippen molar-refractivity contribution in [2.75, 3.05) is 0 Å². The van der Waals surface area contributed by atoms with Gasteiger partial charge in [-0.2, -0.15) is 0 Å². The van der Waals surface area contributed by atoms with Crippen molar-refractivity contribution in [2.24, 2.45) is 5.84 Å². The maximum atomic E-state index is 5.60. The molecule has 4 nitrogen and oxygen atoms in total. The third-order valence-corrected chi connectivity index (χ3v) is 2.57. The molecule has 0 amide bonds. The van der Waals surface area contributed by atoms with Crippen molar-refractivity contribution in [1.82, 2.24) is 15.4 Å². The molecule has 0 fully saturated rings. The molecule has 1 aromatic carbocycles. The number of hydrogen-bond donors (Lipinski definition) is 2. The molecule has 1 atom stereocenters. The van der Waals surface area contributed by atoms with E-state index < -0.39 is 0 Å². The Labute approximate surface area is 94.5 Å². The summed E-state index contributed by atoms with van der Waals surface area (Å²) in [4.78, 5) is 8.11. The average Bonchev–Trinajstić information content (AvgIpc) is 2.34. The van der Waals surface area contributed by atoms with Crippen molar-refractivity contribution in [2.45, 2.75) is 13.0 Å². The largest absolute Gasteiger partial charge is 0.271 e. The Kier molecular flexibility index (Phi) is 3.24. The molecular formula is C12H14N4. The highest BCUT2D eigenvalue weighted by molar-refractivity contribution is 5.33. The monoisotopic (exact) mass is 214 g/mol. The Morgan fingerprint density at radius 1 is 1.25 bits per heavy atom. The fourth-order valence-electron chi connectivity index (χ4n) is 1.72. The van der Waals surface area contributed by atoms with E-state index in [0.29, 0.717) is 0 Å².